The molecule has 0 radical (unpaired) electrons. The quantitative estimate of drug-likeness (QED) is 0.531. The van der Waals surface area contributed by atoms with Crippen LogP contribution in [0.5, 0.6) is 0 Å². The Hall–Kier alpha value is -2.41. The van der Waals surface area contributed by atoms with Gasteiger partial charge in [-0.2, -0.15) is 0 Å². The summed E-state index contributed by atoms with van der Waals surface area (Å²) < 4.78 is 5.49. The van der Waals surface area contributed by atoms with Crippen LogP contribution >= 0.6 is 12.2 Å². The molecule has 0 unspecified atom stereocenters. The van der Waals surface area contributed by atoms with E-state index in [0.29, 0.717) is 17.3 Å². The maximum atomic E-state index is 10.6. The number of furan rings is 1. The van der Waals surface area contributed by atoms with Gasteiger partial charge in [0.2, 0.25) is 0 Å². The van der Waals surface area contributed by atoms with Crippen molar-refractivity contribution in [1.29, 1.82) is 0 Å². The van der Waals surface area contributed by atoms with E-state index >= 15 is 0 Å². The molecule has 0 aliphatic heterocycles. The first-order valence-electron chi connectivity index (χ1n) is 6.27. The molecule has 0 fully saturated rings. The van der Waals surface area contributed by atoms with Crippen molar-refractivity contribution in [2.45, 2.75) is 13.5 Å². The minimum absolute atomic E-state index is 0.0471. The Morgan fingerprint density at radius 3 is 2.52 bits per heavy atom. The first kappa shape index (κ1) is 15.0. The van der Waals surface area contributed by atoms with E-state index in [9.17, 15) is 10.1 Å². The fourth-order valence-electron chi connectivity index (χ4n) is 1.76. The summed E-state index contributed by atoms with van der Waals surface area (Å²) in [5.74, 6) is 1.68. The zero-order valence-corrected chi connectivity index (χ0v) is 12.5. The summed E-state index contributed by atoms with van der Waals surface area (Å²) in [5, 5.41) is 14.1. The number of nitrogens with one attached hydrogen (secondary N) is 1. The van der Waals surface area contributed by atoms with Gasteiger partial charge in [0.05, 0.1) is 11.5 Å². The van der Waals surface area contributed by atoms with Crippen LogP contribution < -0.4 is 5.32 Å². The number of nitrogens with zero attached hydrogens (tertiary/aromatic N) is 2. The van der Waals surface area contributed by atoms with E-state index < -0.39 is 4.92 Å². The number of aryl methyl sites for hydroxylation is 1. The first-order valence-corrected chi connectivity index (χ1v) is 6.68. The highest BCUT2D eigenvalue weighted by Gasteiger charge is 2.09. The molecule has 0 atom stereocenters. The van der Waals surface area contributed by atoms with Crippen LogP contribution in [0, 0.1) is 17.0 Å². The molecular formula is C14H15N3O3S. The molecule has 0 amide bonds. The second-order valence-electron chi connectivity index (χ2n) is 4.60. The number of nitro benzene ring substituents is 1. The molecule has 6 nitrogen and oxygen atoms in total. The Kier molecular flexibility index (Phi) is 4.54. The summed E-state index contributed by atoms with van der Waals surface area (Å²) in [7, 11) is 1.85. The lowest BCUT2D eigenvalue weighted by Crippen LogP contribution is -2.30. The number of nitro groups is 1. The van der Waals surface area contributed by atoms with Crippen molar-refractivity contribution < 1.29 is 9.34 Å². The van der Waals surface area contributed by atoms with Crippen molar-refractivity contribution in [3.63, 3.8) is 0 Å². The third-order valence-corrected chi connectivity index (χ3v) is 3.28. The number of thiocarbonyl (C=S) groups is 1. The van der Waals surface area contributed by atoms with Crippen LogP contribution in [0.3, 0.4) is 0 Å². The van der Waals surface area contributed by atoms with Crippen LogP contribution in [0.15, 0.2) is 40.8 Å². The summed E-state index contributed by atoms with van der Waals surface area (Å²) in [6.07, 6.45) is 0. The van der Waals surface area contributed by atoms with Gasteiger partial charge in [-0.25, -0.2) is 0 Å². The lowest BCUT2D eigenvalue weighted by Gasteiger charge is -2.19. The molecule has 0 aliphatic rings. The fourth-order valence-corrected chi connectivity index (χ4v) is 1.94. The van der Waals surface area contributed by atoms with Crippen LogP contribution in [0.25, 0.3) is 0 Å². The van der Waals surface area contributed by atoms with Crippen LogP contribution in [-0.2, 0) is 6.54 Å². The molecule has 0 bridgehead atoms. The summed E-state index contributed by atoms with van der Waals surface area (Å²) >= 11 is 5.29. The van der Waals surface area contributed by atoms with E-state index in [4.69, 9.17) is 16.6 Å². The lowest BCUT2D eigenvalue weighted by atomic mass is 10.3. The molecule has 2 aromatic rings. The first-order chi connectivity index (χ1) is 9.95. The van der Waals surface area contributed by atoms with Gasteiger partial charge >= 0.3 is 0 Å². The average molecular weight is 305 g/mol. The zero-order chi connectivity index (χ0) is 15.4. The van der Waals surface area contributed by atoms with Crippen molar-refractivity contribution in [2.24, 2.45) is 0 Å². The second kappa shape index (κ2) is 6.36. The SMILES string of the molecule is Cc1ccc(CN(C)C(=S)Nc2ccc([N+](=O)[O-])cc2)o1. The minimum atomic E-state index is -0.437. The zero-order valence-electron chi connectivity index (χ0n) is 11.7. The van der Waals surface area contributed by atoms with Gasteiger partial charge in [-0.05, 0) is 43.4 Å². The molecule has 0 saturated carbocycles. The Bertz CT molecular complexity index is 652. The van der Waals surface area contributed by atoms with Crippen molar-refractivity contribution in [1.82, 2.24) is 4.90 Å². The third kappa shape index (κ3) is 4.03. The predicted molar refractivity (Wildman–Crippen MR) is 84.2 cm³/mol. The number of hydrogen-bond donors (Lipinski definition) is 1. The smallest absolute Gasteiger partial charge is 0.269 e. The summed E-state index contributed by atoms with van der Waals surface area (Å²) in [4.78, 5) is 12.0. The maximum Gasteiger partial charge on any atom is 0.269 e. The normalized spacial score (nSPS) is 10.2. The fraction of sp³-hybridized carbons (Fsp3) is 0.214. The van der Waals surface area contributed by atoms with Gasteiger partial charge in [-0.1, -0.05) is 0 Å². The van der Waals surface area contributed by atoms with Gasteiger partial charge in [0.25, 0.3) is 5.69 Å². The van der Waals surface area contributed by atoms with Crippen LogP contribution in [0.1, 0.15) is 11.5 Å². The van der Waals surface area contributed by atoms with Crippen molar-refractivity contribution >= 4 is 28.7 Å². The number of hydrogen-bond acceptors (Lipinski definition) is 4. The van der Waals surface area contributed by atoms with Crippen LogP contribution in [-0.4, -0.2) is 22.0 Å². The molecule has 0 aliphatic carbocycles. The number of rotatable bonds is 4. The van der Waals surface area contributed by atoms with Crippen molar-refractivity contribution in [3.05, 3.63) is 58.0 Å². The van der Waals surface area contributed by atoms with E-state index in [0.717, 1.165) is 11.5 Å². The van der Waals surface area contributed by atoms with Gasteiger partial charge in [-0.3, -0.25) is 10.1 Å². The van der Waals surface area contributed by atoms with Gasteiger partial charge in [-0.15, -0.1) is 0 Å². The number of benzene rings is 1. The highest BCUT2D eigenvalue weighted by atomic mass is 32.1. The Morgan fingerprint density at radius 1 is 1.33 bits per heavy atom. The number of anilines is 1. The topological polar surface area (TPSA) is 71.5 Å². The number of non-ortho nitro benzene ring substituents is 1. The maximum absolute atomic E-state index is 10.6. The molecule has 1 aromatic carbocycles. The predicted octanol–water partition coefficient (Wildman–Crippen LogP) is 3.33. The van der Waals surface area contributed by atoms with E-state index in [1.807, 2.05) is 31.0 Å². The molecule has 0 saturated heterocycles. The third-order valence-electron chi connectivity index (χ3n) is 2.87. The van der Waals surface area contributed by atoms with Crippen LogP contribution in [0.2, 0.25) is 0 Å². The average Bonchev–Trinajstić information content (AvgIpc) is 2.84. The Morgan fingerprint density at radius 2 is 2.00 bits per heavy atom. The van der Waals surface area contributed by atoms with E-state index in [1.54, 1.807) is 12.1 Å². The molecule has 1 N–H and O–H groups in total. The molecule has 2 rings (SSSR count). The van der Waals surface area contributed by atoms with Crippen molar-refractivity contribution in [3.8, 4) is 0 Å². The molecule has 1 aromatic heterocycles. The van der Waals surface area contributed by atoms with E-state index in [-0.39, 0.29) is 5.69 Å². The summed E-state index contributed by atoms with van der Waals surface area (Å²) in [5.41, 5.74) is 0.749. The van der Waals surface area contributed by atoms with Gasteiger partial charge < -0.3 is 14.6 Å². The highest BCUT2D eigenvalue weighted by molar-refractivity contribution is 7.80. The monoisotopic (exact) mass is 305 g/mol. The summed E-state index contributed by atoms with van der Waals surface area (Å²) in [6.45, 7) is 2.43. The molecule has 21 heavy (non-hydrogen) atoms. The van der Waals surface area contributed by atoms with Gasteiger partial charge in [0.15, 0.2) is 5.11 Å². The van der Waals surface area contributed by atoms with E-state index in [2.05, 4.69) is 5.32 Å². The van der Waals surface area contributed by atoms with Gasteiger partial charge in [0.1, 0.15) is 11.5 Å². The Balaban J connectivity index is 1.95. The standard InChI is InChI=1S/C14H15N3O3S/c1-10-3-8-13(20-10)9-16(2)14(21)15-11-4-6-12(7-5-11)17(18)19/h3-8H,9H2,1-2H3,(H,15,21). The second-order valence-corrected chi connectivity index (χ2v) is 4.99. The Labute approximate surface area is 127 Å². The highest BCUT2D eigenvalue weighted by Crippen LogP contribution is 2.16. The molecular weight excluding hydrogens is 290 g/mol. The minimum Gasteiger partial charge on any atom is -0.464 e. The van der Waals surface area contributed by atoms with Crippen molar-refractivity contribution in [2.75, 3.05) is 12.4 Å². The molecule has 110 valence electrons. The van der Waals surface area contributed by atoms with Crippen LogP contribution in [0.4, 0.5) is 11.4 Å². The summed E-state index contributed by atoms with van der Waals surface area (Å²) in [6, 6.07) is 9.91. The molecule has 0 spiro atoms. The van der Waals surface area contributed by atoms with Gasteiger partial charge in [0, 0.05) is 24.9 Å². The molecule has 1 heterocycles. The lowest BCUT2D eigenvalue weighted by molar-refractivity contribution is -0.384. The van der Waals surface area contributed by atoms with E-state index in [1.165, 1.54) is 12.1 Å². The largest absolute Gasteiger partial charge is 0.464 e. The molecule has 7 heteroatoms.